The summed E-state index contributed by atoms with van der Waals surface area (Å²) < 4.78 is 61.2. The second kappa shape index (κ2) is 7.83. The quantitative estimate of drug-likeness (QED) is 0.290. The molecule has 0 amide bonds. The fourth-order valence-electron chi connectivity index (χ4n) is 3.81. The van der Waals surface area contributed by atoms with E-state index in [4.69, 9.17) is 37.9 Å². The Balaban J connectivity index is 1.77. The van der Waals surface area contributed by atoms with Gasteiger partial charge < -0.3 is 14.7 Å². The smallest absolute Gasteiger partial charge is 0.449 e. The molecule has 166 valence electrons. The van der Waals surface area contributed by atoms with Crippen LogP contribution in [0.2, 0.25) is 10.0 Å². The third kappa shape index (κ3) is 3.74. The van der Waals surface area contributed by atoms with Gasteiger partial charge in [0, 0.05) is 11.1 Å². The van der Waals surface area contributed by atoms with Crippen molar-refractivity contribution < 1.29 is 37.0 Å². The average Bonchev–Trinajstić information content (AvgIpc) is 3.28. The van der Waals surface area contributed by atoms with E-state index >= 15 is 0 Å². The van der Waals surface area contributed by atoms with E-state index in [0.717, 1.165) is 36.3 Å². The molecule has 12 heteroatoms. The maximum absolute atomic E-state index is 14.2. The zero-order valence-electron chi connectivity index (χ0n) is 15.5. The molecular weight excluding hydrogens is 485 g/mol. The van der Waals surface area contributed by atoms with Crippen molar-refractivity contribution in [2.75, 3.05) is 0 Å². The number of carboxylic acid groups (broad SMARTS) is 1. The van der Waals surface area contributed by atoms with Crippen LogP contribution >= 0.6 is 34.5 Å². The summed E-state index contributed by atoms with van der Waals surface area (Å²) in [7, 11) is 0. The topological polar surface area (TPSA) is 68.1 Å². The van der Waals surface area contributed by atoms with Gasteiger partial charge in [0.2, 0.25) is 0 Å². The minimum atomic E-state index is -4.93. The standard InChI is InChI=1S/C19H13Cl2F4NO4S/c20-11-5-8(6-12(21)14(11)22)18(19(23,24)25)7-13(26-30-18)15-9-3-1-2-4-10(9)16(31-15)29-17(27)28/h5-6H,1-4,7H2,(H,27,28). The highest BCUT2D eigenvalue weighted by Crippen LogP contribution is 2.52. The Morgan fingerprint density at radius 2 is 1.81 bits per heavy atom. The third-order valence-corrected chi connectivity index (χ3v) is 7.01. The minimum Gasteiger partial charge on any atom is -0.449 e. The predicted molar refractivity (Wildman–Crippen MR) is 106 cm³/mol. The lowest BCUT2D eigenvalue weighted by Gasteiger charge is -2.29. The summed E-state index contributed by atoms with van der Waals surface area (Å²) in [5.74, 6) is -1.04. The normalized spacial score (nSPS) is 20.8. The SMILES string of the molecule is O=C(O)Oc1sc(C2=NOC(c3cc(Cl)c(F)c(Cl)c3)(C(F)(F)F)C2)c2c1CCCC2. The molecule has 0 saturated carbocycles. The van der Waals surface area contributed by atoms with Crippen molar-refractivity contribution in [3.05, 3.63) is 49.6 Å². The van der Waals surface area contributed by atoms with E-state index < -0.39 is 45.8 Å². The first-order valence-corrected chi connectivity index (χ1v) is 10.6. The molecule has 1 aliphatic heterocycles. The molecule has 0 radical (unpaired) electrons. The monoisotopic (exact) mass is 497 g/mol. The Morgan fingerprint density at radius 3 is 2.39 bits per heavy atom. The summed E-state index contributed by atoms with van der Waals surface area (Å²) in [6.07, 6.45) is -4.45. The molecule has 1 aliphatic carbocycles. The number of carbonyl (C=O) groups is 1. The van der Waals surface area contributed by atoms with E-state index in [1.165, 1.54) is 0 Å². The van der Waals surface area contributed by atoms with Gasteiger partial charge in [-0.1, -0.05) is 39.7 Å². The van der Waals surface area contributed by atoms with E-state index in [9.17, 15) is 22.4 Å². The Kier molecular flexibility index (Phi) is 5.60. The van der Waals surface area contributed by atoms with Gasteiger partial charge in [-0.3, -0.25) is 0 Å². The fraction of sp³-hybridized carbons (Fsp3) is 0.368. The zero-order chi connectivity index (χ0) is 22.6. The molecule has 0 bridgehead atoms. The highest BCUT2D eigenvalue weighted by molar-refractivity contribution is 7.16. The van der Waals surface area contributed by atoms with Crippen molar-refractivity contribution in [3.8, 4) is 5.06 Å². The van der Waals surface area contributed by atoms with Crippen molar-refractivity contribution in [1.82, 2.24) is 0 Å². The summed E-state index contributed by atoms with van der Waals surface area (Å²) in [6.45, 7) is 0. The van der Waals surface area contributed by atoms with E-state index in [1.54, 1.807) is 0 Å². The fourth-order valence-corrected chi connectivity index (χ4v) is 5.52. The lowest BCUT2D eigenvalue weighted by atomic mass is 9.86. The summed E-state index contributed by atoms with van der Waals surface area (Å²) >= 11 is 12.4. The summed E-state index contributed by atoms with van der Waals surface area (Å²) in [5, 5.41) is 11.7. The first-order chi connectivity index (χ1) is 14.5. The van der Waals surface area contributed by atoms with Crippen LogP contribution in [-0.2, 0) is 23.3 Å². The van der Waals surface area contributed by atoms with E-state index in [0.29, 0.717) is 28.8 Å². The molecule has 1 aromatic carbocycles. The number of thiophene rings is 1. The van der Waals surface area contributed by atoms with Gasteiger partial charge in [-0.25, -0.2) is 9.18 Å². The van der Waals surface area contributed by atoms with Crippen molar-refractivity contribution in [1.29, 1.82) is 0 Å². The molecule has 31 heavy (non-hydrogen) atoms. The van der Waals surface area contributed by atoms with Gasteiger partial charge in [0.25, 0.3) is 5.60 Å². The average molecular weight is 498 g/mol. The maximum Gasteiger partial charge on any atom is 0.512 e. The van der Waals surface area contributed by atoms with Crippen LogP contribution in [0.25, 0.3) is 0 Å². The van der Waals surface area contributed by atoms with Crippen molar-refractivity contribution in [2.45, 2.75) is 43.9 Å². The first-order valence-electron chi connectivity index (χ1n) is 9.06. The van der Waals surface area contributed by atoms with E-state index in [1.807, 2.05) is 0 Å². The van der Waals surface area contributed by atoms with Crippen LogP contribution in [0, 0.1) is 5.82 Å². The van der Waals surface area contributed by atoms with Crippen LogP contribution in [0.4, 0.5) is 22.4 Å². The second-order valence-electron chi connectivity index (χ2n) is 7.14. The minimum absolute atomic E-state index is 0.00252. The largest absolute Gasteiger partial charge is 0.512 e. The zero-order valence-corrected chi connectivity index (χ0v) is 17.8. The van der Waals surface area contributed by atoms with Crippen LogP contribution in [0.3, 0.4) is 0 Å². The molecule has 1 N–H and O–H groups in total. The van der Waals surface area contributed by atoms with Crippen molar-refractivity contribution in [2.24, 2.45) is 5.16 Å². The van der Waals surface area contributed by atoms with Gasteiger partial charge in [0.15, 0.2) is 10.9 Å². The van der Waals surface area contributed by atoms with Crippen LogP contribution < -0.4 is 4.74 Å². The summed E-state index contributed by atoms with van der Waals surface area (Å²) in [5.41, 5.74) is -2.03. The van der Waals surface area contributed by atoms with Gasteiger partial charge >= 0.3 is 12.3 Å². The van der Waals surface area contributed by atoms with Gasteiger partial charge in [-0.2, -0.15) is 13.2 Å². The first kappa shape index (κ1) is 22.2. The summed E-state index contributed by atoms with van der Waals surface area (Å²) in [6, 6.07) is 1.63. The lowest BCUT2D eigenvalue weighted by molar-refractivity contribution is -0.275. The van der Waals surface area contributed by atoms with Gasteiger partial charge in [0.05, 0.1) is 21.3 Å². The molecule has 2 heterocycles. The lowest BCUT2D eigenvalue weighted by Crippen LogP contribution is -2.42. The Bertz CT molecular complexity index is 1080. The molecule has 2 aromatic rings. The number of ether oxygens (including phenoxy) is 1. The predicted octanol–water partition coefficient (Wildman–Crippen LogP) is 6.71. The number of alkyl halides is 3. The number of halogens is 6. The van der Waals surface area contributed by atoms with Crippen molar-refractivity contribution in [3.63, 3.8) is 0 Å². The molecule has 0 fully saturated rings. The van der Waals surface area contributed by atoms with Crippen LogP contribution in [0.1, 0.15) is 40.8 Å². The van der Waals surface area contributed by atoms with Crippen LogP contribution in [-0.4, -0.2) is 23.1 Å². The molecule has 1 atom stereocenters. The molecule has 0 spiro atoms. The third-order valence-electron chi connectivity index (χ3n) is 5.26. The Labute approximate surface area is 187 Å². The molecule has 4 rings (SSSR count). The molecule has 5 nitrogen and oxygen atoms in total. The van der Waals surface area contributed by atoms with Crippen LogP contribution in [0.5, 0.6) is 5.06 Å². The van der Waals surface area contributed by atoms with Gasteiger partial charge in [-0.05, 0) is 43.4 Å². The Hall–Kier alpha value is -2.04. The molecule has 1 unspecified atom stereocenters. The van der Waals surface area contributed by atoms with Crippen molar-refractivity contribution >= 4 is 46.4 Å². The van der Waals surface area contributed by atoms with E-state index in [-0.39, 0.29) is 10.8 Å². The molecule has 2 aliphatic rings. The number of fused-ring (bicyclic) bond motifs is 1. The van der Waals surface area contributed by atoms with Gasteiger partial charge in [-0.15, -0.1) is 0 Å². The highest BCUT2D eigenvalue weighted by Gasteiger charge is 2.63. The number of rotatable bonds is 3. The number of benzene rings is 1. The number of nitrogens with zero attached hydrogens (tertiary/aromatic N) is 1. The number of oxime groups is 1. The highest BCUT2D eigenvalue weighted by atomic mass is 35.5. The van der Waals surface area contributed by atoms with Gasteiger partial charge in [0.1, 0.15) is 5.71 Å². The second-order valence-corrected chi connectivity index (χ2v) is 8.93. The maximum atomic E-state index is 14.2. The molecule has 0 saturated heterocycles. The van der Waals surface area contributed by atoms with E-state index in [2.05, 4.69) is 5.16 Å². The summed E-state index contributed by atoms with van der Waals surface area (Å²) in [4.78, 5) is 16.4. The Morgan fingerprint density at radius 1 is 1.19 bits per heavy atom. The van der Waals surface area contributed by atoms with Crippen LogP contribution in [0.15, 0.2) is 17.3 Å². The molecule has 1 aromatic heterocycles. The number of hydrogen-bond acceptors (Lipinski definition) is 5. The molecular formula is C19H13Cl2F4NO4S. The number of hydrogen-bond donors (Lipinski definition) is 1.